The van der Waals surface area contributed by atoms with Crippen LogP contribution in [0.3, 0.4) is 0 Å². The monoisotopic (exact) mass is 334 g/mol. The zero-order chi connectivity index (χ0) is 17.7. The number of hydrogen-bond donors (Lipinski definition) is 1. The fraction of sp³-hybridized carbons (Fsp3) is 0.556. The van der Waals surface area contributed by atoms with Crippen LogP contribution >= 0.6 is 0 Å². The standard InChI is InChI=1S/C18H26N2O4/c1-13(2)8-19-9-15(21)10-20(11-17(19)22)18(23)12-24-16-6-4-5-14(3)7-16/h4-7,13,15,21H,8-12H2,1-3H3. The highest BCUT2D eigenvalue weighted by Crippen LogP contribution is 2.13. The van der Waals surface area contributed by atoms with Crippen LogP contribution in [0.15, 0.2) is 24.3 Å². The first-order chi connectivity index (χ1) is 11.3. The third-order valence-electron chi connectivity index (χ3n) is 3.83. The maximum atomic E-state index is 12.3. The topological polar surface area (TPSA) is 70.1 Å². The van der Waals surface area contributed by atoms with E-state index in [0.717, 1.165) is 5.56 Å². The van der Waals surface area contributed by atoms with Crippen LogP contribution in [-0.4, -0.2) is 65.6 Å². The first kappa shape index (κ1) is 18.3. The van der Waals surface area contributed by atoms with Crippen molar-refractivity contribution < 1.29 is 19.4 Å². The van der Waals surface area contributed by atoms with Gasteiger partial charge in [-0.05, 0) is 30.5 Å². The Labute approximate surface area is 143 Å². The number of nitrogens with zero attached hydrogens (tertiary/aromatic N) is 2. The van der Waals surface area contributed by atoms with E-state index in [1.54, 1.807) is 11.0 Å². The van der Waals surface area contributed by atoms with Gasteiger partial charge in [-0.15, -0.1) is 0 Å². The molecular weight excluding hydrogens is 308 g/mol. The van der Waals surface area contributed by atoms with Gasteiger partial charge in [0.05, 0.1) is 12.6 Å². The van der Waals surface area contributed by atoms with E-state index in [1.165, 1.54) is 4.90 Å². The Morgan fingerprint density at radius 2 is 2.12 bits per heavy atom. The number of benzene rings is 1. The van der Waals surface area contributed by atoms with Crippen LogP contribution < -0.4 is 4.74 Å². The number of β-amino-alcohol motifs (C(OH)–C–C–N with tert-alkyl or cyclic N) is 1. The highest BCUT2D eigenvalue weighted by Gasteiger charge is 2.29. The van der Waals surface area contributed by atoms with Crippen LogP contribution in [0.25, 0.3) is 0 Å². The number of carbonyl (C=O) groups is 2. The summed E-state index contributed by atoms with van der Waals surface area (Å²) in [4.78, 5) is 27.7. The predicted molar refractivity (Wildman–Crippen MR) is 90.7 cm³/mol. The molecule has 1 aliphatic heterocycles. The van der Waals surface area contributed by atoms with E-state index in [-0.39, 0.29) is 38.1 Å². The minimum Gasteiger partial charge on any atom is -0.484 e. The van der Waals surface area contributed by atoms with Crippen molar-refractivity contribution in [3.63, 3.8) is 0 Å². The molecule has 24 heavy (non-hydrogen) atoms. The number of carbonyl (C=O) groups excluding carboxylic acids is 2. The lowest BCUT2D eigenvalue weighted by atomic mass is 10.2. The molecule has 1 aromatic rings. The molecule has 1 saturated heterocycles. The molecule has 1 N–H and O–H groups in total. The molecule has 1 aliphatic rings. The summed E-state index contributed by atoms with van der Waals surface area (Å²) in [5.74, 6) is 0.499. The SMILES string of the molecule is Cc1cccc(OCC(=O)N2CC(=O)N(CC(C)C)CC(O)C2)c1. The maximum Gasteiger partial charge on any atom is 0.261 e. The number of rotatable bonds is 5. The number of amides is 2. The molecule has 1 unspecified atom stereocenters. The number of ether oxygens (including phenoxy) is 1. The average molecular weight is 334 g/mol. The molecular formula is C18H26N2O4. The van der Waals surface area contributed by atoms with Crippen LogP contribution in [0.4, 0.5) is 0 Å². The Morgan fingerprint density at radius 3 is 2.79 bits per heavy atom. The van der Waals surface area contributed by atoms with Crippen molar-refractivity contribution in [2.24, 2.45) is 5.92 Å². The minimum absolute atomic E-state index is 0.0141. The maximum absolute atomic E-state index is 12.3. The van der Waals surface area contributed by atoms with Crippen LogP contribution in [-0.2, 0) is 9.59 Å². The summed E-state index contributed by atoms with van der Waals surface area (Å²) in [7, 11) is 0. The third-order valence-corrected chi connectivity index (χ3v) is 3.83. The first-order valence-corrected chi connectivity index (χ1v) is 8.28. The van der Waals surface area contributed by atoms with Gasteiger partial charge in [-0.1, -0.05) is 26.0 Å². The summed E-state index contributed by atoms with van der Waals surface area (Å²) >= 11 is 0. The molecule has 1 heterocycles. The van der Waals surface area contributed by atoms with Gasteiger partial charge >= 0.3 is 0 Å². The van der Waals surface area contributed by atoms with Crippen LogP contribution in [0, 0.1) is 12.8 Å². The molecule has 0 radical (unpaired) electrons. The second-order valence-electron chi connectivity index (χ2n) is 6.73. The Morgan fingerprint density at radius 1 is 1.38 bits per heavy atom. The fourth-order valence-electron chi connectivity index (χ4n) is 2.74. The molecule has 0 spiro atoms. The molecule has 6 nitrogen and oxygen atoms in total. The molecule has 132 valence electrons. The molecule has 0 bridgehead atoms. The normalized spacial score (nSPS) is 18.7. The molecule has 0 aromatic heterocycles. The van der Waals surface area contributed by atoms with E-state index >= 15 is 0 Å². The van der Waals surface area contributed by atoms with E-state index < -0.39 is 6.10 Å². The zero-order valence-electron chi connectivity index (χ0n) is 14.6. The van der Waals surface area contributed by atoms with Gasteiger partial charge in [0.15, 0.2) is 6.61 Å². The summed E-state index contributed by atoms with van der Waals surface area (Å²) in [5, 5.41) is 10.1. The van der Waals surface area contributed by atoms with Crippen molar-refractivity contribution in [3.8, 4) is 5.75 Å². The second kappa shape index (κ2) is 8.15. The number of hydrogen-bond acceptors (Lipinski definition) is 4. The van der Waals surface area contributed by atoms with E-state index in [0.29, 0.717) is 18.2 Å². The summed E-state index contributed by atoms with van der Waals surface area (Å²) < 4.78 is 5.51. The van der Waals surface area contributed by atoms with Gasteiger partial charge in [-0.3, -0.25) is 9.59 Å². The molecule has 2 rings (SSSR count). The van der Waals surface area contributed by atoms with Crippen molar-refractivity contribution in [2.75, 3.05) is 32.8 Å². The predicted octanol–water partition coefficient (Wildman–Crippen LogP) is 1.06. The molecule has 1 fully saturated rings. The Kier molecular flexibility index (Phi) is 6.20. The molecule has 1 atom stereocenters. The fourth-order valence-corrected chi connectivity index (χ4v) is 2.74. The van der Waals surface area contributed by atoms with Crippen molar-refractivity contribution >= 4 is 11.8 Å². The quantitative estimate of drug-likeness (QED) is 0.874. The lowest BCUT2D eigenvalue weighted by Gasteiger charge is -2.23. The van der Waals surface area contributed by atoms with Crippen molar-refractivity contribution in [1.82, 2.24) is 9.80 Å². The Balaban J connectivity index is 1.95. The lowest BCUT2D eigenvalue weighted by Crippen LogP contribution is -2.42. The van der Waals surface area contributed by atoms with Crippen LogP contribution in [0.5, 0.6) is 5.75 Å². The minimum atomic E-state index is -0.738. The molecule has 0 aliphatic carbocycles. The summed E-state index contributed by atoms with van der Waals surface area (Å²) in [6.07, 6.45) is -0.738. The molecule has 1 aromatic carbocycles. The van der Waals surface area contributed by atoms with E-state index in [1.807, 2.05) is 39.0 Å². The van der Waals surface area contributed by atoms with Crippen LogP contribution in [0.2, 0.25) is 0 Å². The lowest BCUT2D eigenvalue weighted by molar-refractivity contribution is -0.140. The average Bonchev–Trinajstić information content (AvgIpc) is 2.63. The van der Waals surface area contributed by atoms with Gasteiger partial charge in [-0.25, -0.2) is 0 Å². The summed E-state index contributed by atoms with van der Waals surface area (Å²) in [6.45, 7) is 6.81. The van der Waals surface area contributed by atoms with Crippen molar-refractivity contribution in [1.29, 1.82) is 0 Å². The van der Waals surface area contributed by atoms with Gasteiger partial charge in [0.2, 0.25) is 5.91 Å². The van der Waals surface area contributed by atoms with Gasteiger partial charge in [-0.2, -0.15) is 0 Å². The summed E-state index contributed by atoms with van der Waals surface area (Å²) in [6, 6.07) is 7.44. The van der Waals surface area contributed by atoms with Gasteiger partial charge in [0.25, 0.3) is 5.91 Å². The van der Waals surface area contributed by atoms with Crippen molar-refractivity contribution in [3.05, 3.63) is 29.8 Å². The zero-order valence-corrected chi connectivity index (χ0v) is 14.6. The van der Waals surface area contributed by atoms with E-state index in [4.69, 9.17) is 4.74 Å². The number of aryl methyl sites for hydroxylation is 1. The highest BCUT2D eigenvalue weighted by atomic mass is 16.5. The number of aliphatic hydroxyl groups excluding tert-OH is 1. The third kappa shape index (κ3) is 5.23. The first-order valence-electron chi connectivity index (χ1n) is 8.28. The van der Waals surface area contributed by atoms with Gasteiger partial charge < -0.3 is 19.6 Å². The number of aliphatic hydroxyl groups is 1. The largest absolute Gasteiger partial charge is 0.484 e. The summed E-state index contributed by atoms with van der Waals surface area (Å²) in [5.41, 5.74) is 1.05. The molecule has 0 saturated carbocycles. The van der Waals surface area contributed by atoms with Crippen LogP contribution in [0.1, 0.15) is 19.4 Å². The highest BCUT2D eigenvalue weighted by molar-refractivity contribution is 5.86. The van der Waals surface area contributed by atoms with Gasteiger partial charge in [0, 0.05) is 19.6 Å². The Bertz CT molecular complexity index is 588. The molecule has 6 heteroatoms. The molecule has 2 amide bonds. The van der Waals surface area contributed by atoms with E-state index in [2.05, 4.69) is 0 Å². The Hall–Kier alpha value is -2.08. The van der Waals surface area contributed by atoms with Crippen molar-refractivity contribution in [2.45, 2.75) is 26.9 Å². The second-order valence-corrected chi connectivity index (χ2v) is 6.73. The smallest absolute Gasteiger partial charge is 0.261 e. The van der Waals surface area contributed by atoms with E-state index in [9.17, 15) is 14.7 Å². The van der Waals surface area contributed by atoms with Gasteiger partial charge in [0.1, 0.15) is 5.75 Å².